The number of para-hydroxylation sites is 1. The van der Waals surface area contributed by atoms with Crippen molar-refractivity contribution in [3.63, 3.8) is 0 Å². The van der Waals surface area contributed by atoms with Gasteiger partial charge in [0.2, 0.25) is 0 Å². The van der Waals surface area contributed by atoms with E-state index in [4.69, 9.17) is 15.5 Å². The number of rotatable bonds is 1. The third kappa shape index (κ3) is 2.03. The van der Waals surface area contributed by atoms with Crippen LogP contribution in [0.4, 0.5) is 0 Å². The Hall–Kier alpha value is -1.39. The Morgan fingerprint density at radius 1 is 1.30 bits per heavy atom. The lowest BCUT2D eigenvalue weighted by atomic mass is 9.96. The Balaban J connectivity index is 1.63. The SMILES string of the molecule is NC1CCCc2sc(C3COc4ccccc4C3)nc21. The second kappa shape index (κ2) is 4.86. The molecule has 4 heteroatoms. The summed E-state index contributed by atoms with van der Waals surface area (Å²) in [4.78, 5) is 6.24. The Morgan fingerprint density at radius 2 is 2.20 bits per heavy atom. The van der Waals surface area contributed by atoms with E-state index in [0.29, 0.717) is 5.92 Å². The average Bonchev–Trinajstić information content (AvgIpc) is 2.92. The molecule has 2 N–H and O–H groups in total. The van der Waals surface area contributed by atoms with Crippen molar-refractivity contribution in [2.75, 3.05) is 6.61 Å². The molecule has 0 saturated heterocycles. The molecule has 1 aliphatic carbocycles. The van der Waals surface area contributed by atoms with Gasteiger partial charge in [-0.1, -0.05) is 18.2 Å². The molecule has 0 amide bonds. The highest BCUT2D eigenvalue weighted by Crippen LogP contribution is 2.38. The number of benzene rings is 1. The zero-order valence-electron chi connectivity index (χ0n) is 11.3. The lowest BCUT2D eigenvalue weighted by Crippen LogP contribution is -2.19. The zero-order chi connectivity index (χ0) is 13.5. The van der Waals surface area contributed by atoms with Gasteiger partial charge in [-0.25, -0.2) is 4.98 Å². The standard InChI is InChI=1S/C16H18N2OS/c17-12-5-3-7-14-15(12)18-16(20-14)11-8-10-4-1-2-6-13(10)19-9-11/h1-2,4,6,11-12H,3,5,7-9,17H2. The fourth-order valence-corrected chi connectivity index (χ4v) is 4.39. The summed E-state index contributed by atoms with van der Waals surface area (Å²) < 4.78 is 5.88. The third-order valence-electron chi connectivity index (χ3n) is 4.24. The smallest absolute Gasteiger partial charge is 0.122 e. The van der Waals surface area contributed by atoms with Gasteiger partial charge >= 0.3 is 0 Å². The lowest BCUT2D eigenvalue weighted by molar-refractivity contribution is 0.262. The molecule has 4 rings (SSSR count). The normalized spacial score (nSPS) is 24.6. The first kappa shape index (κ1) is 12.4. The van der Waals surface area contributed by atoms with Gasteiger partial charge in [0.25, 0.3) is 0 Å². The molecule has 2 aliphatic rings. The van der Waals surface area contributed by atoms with Crippen molar-refractivity contribution in [2.45, 2.75) is 37.6 Å². The Bertz CT molecular complexity index is 637. The van der Waals surface area contributed by atoms with Crippen molar-refractivity contribution >= 4 is 11.3 Å². The molecule has 104 valence electrons. The molecule has 1 aromatic carbocycles. The van der Waals surface area contributed by atoms with Crippen LogP contribution in [-0.2, 0) is 12.8 Å². The number of thiazole rings is 1. The fourth-order valence-electron chi connectivity index (χ4n) is 3.13. The van der Waals surface area contributed by atoms with Gasteiger partial charge in [-0.3, -0.25) is 0 Å². The van der Waals surface area contributed by atoms with Crippen LogP contribution in [0, 0.1) is 0 Å². The number of nitrogens with zero attached hydrogens (tertiary/aromatic N) is 1. The van der Waals surface area contributed by atoms with E-state index >= 15 is 0 Å². The highest BCUT2D eigenvalue weighted by molar-refractivity contribution is 7.11. The molecule has 1 aliphatic heterocycles. The van der Waals surface area contributed by atoms with E-state index in [1.807, 2.05) is 23.5 Å². The summed E-state index contributed by atoms with van der Waals surface area (Å²) in [6.07, 6.45) is 4.43. The van der Waals surface area contributed by atoms with E-state index in [9.17, 15) is 0 Å². The van der Waals surface area contributed by atoms with E-state index in [-0.39, 0.29) is 6.04 Å². The molecule has 2 heterocycles. The van der Waals surface area contributed by atoms with Gasteiger partial charge in [-0.05, 0) is 37.3 Å². The van der Waals surface area contributed by atoms with Gasteiger partial charge in [-0.2, -0.15) is 0 Å². The van der Waals surface area contributed by atoms with Crippen LogP contribution in [0.2, 0.25) is 0 Å². The van der Waals surface area contributed by atoms with Crippen LogP contribution in [0.15, 0.2) is 24.3 Å². The summed E-state index contributed by atoms with van der Waals surface area (Å²) in [5, 5.41) is 1.21. The number of ether oxygens (including phenoxy) is 1. The molecule has 0 bridgehead atoms. The third-order valence-corrected chi connectivity index (χ3v) is 5.54. The summed E-state index contributed by atoms with van der Waals surface area (Å²) in [5.74, 6) is 1.41. The second-order valence-corrected chi connectivity index (χ2v) is 6.79. The van der Waals surface area contributed by atoms with E-state index in [1.54, 1.807) is 0 Å². The van der Waals surface area contributed by atoms with Crippen LogP contribution in [0.3, 0.4) is 0 Å². The van der Waals surface area contributed by atoms with Crippen LogP contribution in [0.25, 0.3) is 0 Å². The predicted octanol–water partition coefficient (Wildman–Crippen LogP) is 3.20. The molecule has 2 aromatic rings. The monoisotopic (exact) mass is 286 g/mol. The van der Waals surface area contributed by atoms with Crippen molar-refractivity contribution in [1.82, 2.24) is 4.98 Å². The van der Waals surface area contributed by atoms with E-state index in [0.717, 1.165) is 37.3 Å². The molecule has 0 saturated carbocycles. The van der Waals surface area contributed by atoms with Crippen LogP contribution in [-0.4, -0.2) is 11.6 Å². The Labute approximate surface area is 122 Å². The van der Waals surface area contributed by atoms with Crippen molar-refractivity contribution in [3.8, 4) is 5.75 Å². The fraction of sp³-hybridized carbons (Fsp3) is 0.438. The van der Waals surface area contributed by atoms with E-state index in [2.05, 4.69) is 12.1 Å². The molecular formula is C16H18N2OS. The highest BCUT2D eigenvalue weighted by atomic mass is 32.1. The Kier molecular flexibility index (Phi) is 3.00. The lowest BCUT2D eigenvalue weighted by Gasteiger charge is -2.23. The van der Waals surface area contributed by atoms with Gasteiger partial charge < -0.3 is 10.5 Å². The second-order valence-electron chi connectivity index (χ2n) is 5.68. The maximum Gasteiger partial charge on any atom is 0.122 e. The zero-order valence-corrected chi connectivity index (χ0v) is 12.2. The van der Waals surface area contributed by atoms with E-state index in [1.165, 1.54) is 21.9 Å². The highest BCUT2D eigenvalue weighted by Gasteiger charge is 2.28. The van der Waals surface area contributed by atoms with Crippen molar-refractivity contribution in [1.29, 1.82) is 0 Å². The van der Waals surface area contributed by atoms with E-state index < -0.39 is 0 Å². The predicted molar refractivity (Wildman–Crippen MR) is 80.4 cm³/mol. The molecule has 2 unspecified atom stereocenters. The minimum Gasteiger partial charge on any atom is -0.493 e. The van der Waals surface area contributed by atoms with Crippen molar-refractivity contribution in [2.24, 2.45) is 5.73 Å². The molecule has 1 aromatic heterocycles. The number of hydrogen-bond acceptors (Lipinski definition) is 4. The molecular weight excluding hydrogens is 268 g/mol. The summed E-state index contributed by atoms with van der Waals surface area (Å²) in [5.41, 5.74) is 8.62. The molecule has 0 radical (unpaired) electrons. The summed E-state index contributed by atoms with van der Waals surface area (Å²) in [6.45, 7) is 0.735. The quantitative estimate of drug-likeness (QED) is 0.875. The van der Waals surface area contributed by atoms with Crippen LogP contribution >= 0.6 is 11.3 Å². The molecule has 20 heavy (non-hydrogen) atoms. The first-order valence-corrected chi connectivity index (χ1v) is 8.08. The average molecular weight is 286 g/mol. The van der Waals surface area contributed by atoms with Gasteiger partial charge in [0.05, 0.1) is 17.3 Å². The number of nitrogens with two attached hydrogens (primary N) is 1. The molecule has 0 spiro atoms. The van der Waals surface area contributed by atoms with Crippen molar-refractivity contribution in [3.05, 3.63) is 45.4 Å². The van der Waals surface area contributed by atoms with Crippen LogP contribution in [0.1, 0.15) is 45.9 Å². The summed E-state index contributed by atoms with van der Waals surface area (Å²) in [7, 11) is 0. The van der Waals surface area contributed by atoms with Gasteiger partial charge in [0.1, 0.15) is 5.75 Å². The molecule has 0 fully saturated rings. The first-order chi connectivity index (χ1) is 9.81. The number of aromatic nitrogens is 1. The number of aryl methyl sites for hydroxylation is 1. The Morgan fingerprint density at radius 3 is 3.10 bits per heavy atom. The molecule has 3 nitrogen and oxygen atoms in total. The van der Waals surface area contributed by atoms with Crippen molar-refractivity contribution < 1.29 is 4.74 Å². The van der Waals surface area contributed by atoms with Gasteiger partial charge in [0, 0.05) is 16.8 Å². The molecule has 2 atom stereocenters. The number of fused-ring (bicyclic) bond motifs is 2. The maximum absolute atomic E-state index is 6.18. The first-order valence-electron chi connectivity index (χ1n) is 7.27. The van der Waals surface area contributed by atoms with Gasteiger partial charge in [-0.15, -0.1) is 11.3 Å². The topological polar surface area (TPSA) is 48.1 Å². The largest absolute Gasteiger partial charge is 0.493 e. The number of hydrogen-bond donors (Lipinski definition) is 1. The summed E-state index contributed by atoms with van der Waals surface area (Å²) >= 11 is 1.85. The minimum atomic E-state index is 0.139. The maximum atomic E-state index is 6.18. The van der Waals surface area contributed by atoms with Gasteiger partial charge in [0.15, 0.2) is 0 Å². The van der Waals surface area contributed by atoms with Crippen LogP contribution in [0.5, 0.6) is 5.75 Å². The summed E-state index contributed by atoms with van der Waals surface area (Å²) in [6, 6.07) is 8.45. The van der Waals surface area contributed by atoms with Crippen LogP contribution < -0.4 is 10.5 Å². The minimum absolute atomic E-state index is 0.139.